The maximum absolute atomic E-state index is 4.71. The van der Waals surface area contributed by atoms with Gasteiger partial charge in [0.1, 0.15) is 12.4 Å². The average Bonchev–Trinajstić information content (AvgIpc) is 3.18. The molecule has 0 amide bonds. The molecule has 3 aromatic rings. The van der Waals surface area contributed by atoms with Crippen LogP contribution in [0.3, 0.4) is 0 Å². The highest BCUT2D eigenvalue weighted by molar-refractivity contribution is 14.0. The lowest BCUT2D eigenvalue weighted by molar-refractivity contribution is 0.714. The van der Waals surface area contributed by atoms with E-state index in [1.165, 1.54) is 22.2 Å². The summed E-state index contributed by atoms with van der Waals surface area (Å²) >= 11 is 0. The first-order valence-electron chi connectivity index (χ1n) is 10.0. The molecule has 1 aromatic carbocycles. The molecule has 0 aliphatic rings. The van der Waals surface area contributed by atoms with Gasteiger partial charge in [0.2, 0.25) is 0 Å². The largest absolute Gasteiger partial charge is 0.358 e. The summed E-state index contributed by atoms with van der Waals surface area (Å²) in [5.74, 6) is 2.58. The first-order chi connectivity index (χ1) is 13.6. The highest BCUT2D eigenvalue weighted by Gasteiger charge is 2.09. The highest BCUT2D eigenvalue weighted by atomic mass is 127. The second kappa shape index (κ2) is 11.2. The van der Waals surface area contributed by atoms with Crippen LogP contribution in [0.15, 0.2) is 29.3 Å². The molecular weight excluding hydrogens is 477 g/mol. The molecule has 29 heavy (non-hydrogen) atoms. The van der Waals surface area contributed by atoms with E-state index in [-0.39, 0.29) is 24.0 Å². The van der Waals surface area contributed by atoms with Gasteiger partial charge in [0.15, 0.2) is 11.8 Å². The Morgan fingerprint density at radius 2 is 1.90 bits per heavy atom. The minimum Gasteiger partial charge on any atom is -0.358 e. The Kier molecular flexibility index (Phi) is 8.94. The second-order valence-corrected chi connectivity index (χ2v) is 7.12. The zero-order valence-corrected chi connectivity index (χ0v) is 20.1. The van der Waals surface area contributed by atoms with Gasteiger partial charge in [-0.05, 0) is 38.3 Å². The molecule has 0 unspecified atom stereocenters. The molecular formula is C21H32IN7. The summed E-state index contributed by atoms with van der Waals surface area (Å²) in [6.07, 6.45) is 3.20. The monoisotopic (exact) mass is 509 g/mol. The van der Waals surface area contributed by atoms with Gasteiger partial charge < -0.3 is 20.2 Å². The van der Waals surface area contributed by atoms with Crippen molar-refractivity contribution in [3.63, 3.8) is 0 Å². The number of aliphatic imine (C=N–C) groups is 1. The molecule has 0 aliphatic heterocycles. The van der Waals surface area contributed by atoms with E-state index in [0.29, 0.717) is 6.54 Å². The van der Waals surface area contributed by atoms with E-state index >= 15 is 0 Å². The van der Waals surface area contributed by atoms with Gasteiger partial charge in [-0.15, -0.1) is 34.2 Å². The molecule has 2 heterocycles. The van der Waals surface area contributed by atoms with E-state index in [2.05, 4.69) is 63.9 Å². The molecule has 0 radical (unpaired) electrons. The number of para-hydroxylation sites is 1. The maximum atomic E-state index is 4.71. The SMILES string of the molecule is CCCCNC(=NCc1nnc(C)n1C)NCCc1c(C)[nH]c2ccccc12.I. The van der Waals surface area contributed by atoms with Gasteiger partial charge in [0.25, 0.3) is 0 Å². The minimum atomic E-state index is 0. The van der Waals surface area contributed by atoms with Gasteiger partial charge in [0, 0.05) is 36.7 Å². The van der Waals surface area contributed by atoms with Gasteiger partial charge >= 0.3 is 0 Å². The number of aromatic nitrogens is 4. The fourth-order valence-electron chi connectivity index (χ4n) is 3.26. The van der Waals surface area contributed by atoms with Crippen LogP contribution in [0, 0.1) is 13.8 Å². The molecule has 0 bridgehead atoms. The Hall–Kier alpha value is -2.10. The smallest absolute Gasteiger partial charge is 0.191 e. The van der Waals surface area contributed by atoms with Gasteiger partial charge in [-0.2, -0.15) is 0 Å². The molecule has 8 heteroatoms. The summed E-state index contributed by atoms with van der Waals surface area (Å²) in [4.78, 5) is 8.18. The van der Waals surface area contributed by atoms with Crippen LogP contribution in [-0.4, -0.2) is 38.8 Å². The lowest BCUT2D eigenvalue weighted by atomic mass is 10.1. The number of hydrogen-bond donors (Lipinski definition) is 3. The molecule has 3 N–H and O–H groups in total. The number of aryl methyl sites for hydroxylation is 2. The average molecular weight is 509 g/mol. The molecule has 2 aromatic heterocycles. The molecule has 0 fully saturated rings. The Morgan fingerprint density at radius 3 is 2.62 bits per heavy atom. The van der Waals surface area contributed by atoms with E-state index < -0.39 is 0 Å². The Labute approximate surface area is 189 Å². The van der Waals surface area contributed by atoms with Crippen LogP contribution >= 0.6 is 24.0 Å². The number of benzene rings is 1. The zero-order chi connectivity index (χ0) is 19.9. The zero-order valence-electron chi connectivity index (χ0n) is 17.7. The standard InChI is InChI=1S/C21H31N7.HI/c1-5-6-12-22-21(24-14-20-27-26-16(3)28(20)4)23-13-11-17-15(2)25-19-10-8-7-9-18(17)19;/h7-10,25H,5-6,11-14H2,1-4H3,(H2,22,23,24);1H. The van der Waals surface area contributed by atoms with E-state index in [4.69, 9.17) is 4.99 Å². The van der Waals surface area contributed by atoms with Crippen LogP contribution in [0.2, 0.25) is 0 Å². The molecule has 7 nitrogen and oxygen atoms in total. The molecule has 3 rings (SSSR count). The Bertz CT molecular complexity index is 942. The predicted molar refractivity (Wildman–Crippen MR) is 130 cm³/mol. The van der Waals surface area contributed by atoms with E-state index in [1.54, 1.807) is 0 Å². The lowest BCUT2D eigenvalue weighted by Crippen LogP contribution is -2.39. The van der Waals surface area contributed by atoms with Crippen molar-refractivity contribution in [2.45, 2.75) is 46.6 Å². The molecule has 158 valence electrons. The van der Waals surface area contributed by atoms with Crippen LogP contribution in [0.1, 0.15) is 42.7 Å². The predicted octanol–water partition coefficient (Wildman–Crippen LogP) is 3.61. The Balaban J connectivity index is 0.00000300. The second-order valence-electron chi connectivity index (χ2n) is 7.12. The third-order valence-electron chi connectivity index (χ3n) is 5.08. The van der Waals surface area contributed by atoms with Crippen LogP contribution in [0.25, 0.3) is 10.9 Å². The first kappa shape index (κ1) is 23.2. The van der Waals surface area contributed by atoms with E-state index in [0.717, 1.165) is 50.0 Å². The van der Waals surface area contributed by atoms with Crippen molar-refractivity contribution in [2.24, 2.45) is 12.0 Å². The summed E-state index contributed by atoms with van der Waals surface area (Å²) in [7, 11) is 1.97. The third kappa shape index (κ3) is 5.94. The van der Waals surface area contributed by atoms with E-state index in [1.807, 2.05) is 18.5 Å². The van der Waals surface area contributed by atoms with Crippen LogP contribution in [0.4, 0.5) is 0 Å². The van der Waals surface area contributed by atoms with Crippen LogP contribution < -0.4 is 10.6 Å². The number of H-pyrrole nitrogens is 1. The summed E-state index contributed by atoms with van der Waals surface area (Å²) in [6.45, 7) is 8.51. The number of halogens is 1. The number of unbranched alkanes of at least 4 members (excludes halogenated alkanes) is 1. The quantitative estimate of drug-likeness (QED) is 0.188. The number of nitrogens with zero attached hydrogens (tertiary/aromatic N) is 4. The van der Waals surface area contributed by atoms with Crippen LogP contribution in [0.5, 0.6) is 0 Å². The Morgan fingerprint density at radius 1 is 1.14 bits per heavy atom. The number of fused-ring (bicyclic) bond motifs is 1. The molecule has 0 saturated carbocycles. The molecule has 0 atom stereocenters. The summed E-state index contributed by atoms with van der Waals surface area (Å²) in [5, 5.41) is 16.5. The molecule has 0 saturated heterocycles. The van der Waals surface area contributed by atoms with Crippen molar-refractivity contribution in [2.75, 3.05) is 13.1 Å². The van der Waals surface area contributed by atoms with Gasteiger partial charge in [-0.1, -0.05) is 31.5 Å². The minimum absolute atomic E-state index is 0. The number of hydrogen-bond acceptors (Lipinski definition) is 3. The maximum Gasteiger partial charge on any atom is 0.191 e. The van der Waals surface area contributed by atoms with Crippen molar-refractivity contribution in [1.82, 2.24) is 30.4 Å². The number of nitrogens with one attached hydrogen (secondary N) is 3. The number of rotatable bonds is 8. The van der Waals surface area contributed by atoms with Crippen molar-refractivity contribution in [3.8, 4) is 0 Å². The fraction of sp³-hybridized carbons (Fsp3) is 0.476. The normalized spacial score (nSPS) is 11.5. The van der Waals surface area contributed by atoms with Crippen LogP contribution in [-0.2, 0) is 20.0 Å². The molecule has 0 aliphatic carbocycles. The number of aromatic amines is 1. The lowest BCUT2D eigenvalue weighted by Gasteiger charge is -2.12. The van der Waals surface area contributed by atoms with Crippen molar-refractivity contribution in [3.05, 3.63) is 47.2 Å². The third-order valence-corrected chi connectivity index (χ3v) is 5.08. The summed E-state index contributed by atoms with van der Waals surface area (Å²) in [6, 6.07) is 8.46. The molecule has 0 spiro atoms. The first-order valence-corrected chi connectivity index (χ1v) is 10.0. The van der Waals surface area contributed by atoms with Gasteiger partial charge in [0.05, 0.1) is 0 Å². The summed E-state index contributed by atoms with van der Waals surface area (Å²) < 4.78 is 1.97. The van der Waals surface area contributed by atoms with Crippen molar-refractivity contribution < 1.29 is 0 Å². The van der Waals surface area contributed by atoms with Gasteiger partial charge in [-0.3, -0.25) is 0 Å². The van der Waals surface area contributed by atoms with Gasteiger partial charge in [-0.25, -0.2) is 4.99 Å². The van der Waals surface area contributed by atoms with Crippen molar-refractivity contribution in [1.29, 1.82) is 0 Å². The topological polar surface area (TPSA) is 82.9 Å². The fourth-order valence-corrected chi connectivity index (χ4v) is 3.26. The van der Waals surface area contributed by atoms with Crippen molar-refractivity contribution >= 4 is 40.8 Å². The summed E-state index contributed by atoms with van der Waals surface area (Å²) in [5.41, 5.74) is 3.79. The highest BCUT2D eigenvalue weighted by Crippen LogP contribution is 2.21. The van der Waals surface area contributed by atoms with E-state index in [9.17, 15) is 0 Å². The number of guanidine groups is 1.